The third-order valence-corrected chi connectivity index (χ3v) is 18.1. The number of ether oxygens (including phenoxy) is 3. The summed E-state index contributed by atoms with van der Waals surface area (Å²) < 4.78 is 18.1. The van der Waals surface area contributed by atoms with Gasteiger partial charge in [0.25, 0.3) is 5.91 Å². The Morgan fingerprint density at radius 2 is 0.722 bits per heavy atom. The number of methoxy groups -OCH3 is 3. The fraction of sp³-hybridized carbons (Fsp3) is 0.148. The van der Waals surface area contributed by atoms with E-state index >= 15 is 0 Å². The molecule has 2 atom stereocenters. The number of aryl methyl sites for hydroxylation is 3. The van der Waals surface area contributed by atoms with Crippen LogP contribution in [0, 0.1) is 0 Å². The van der Waals surface area contributed by atoms with Gasteiger partial charge < -0.3 is 24.0 Å². The molecule has 0 aliphatic heterocycles. The van der Waals surface area contributed by atoms with Crippen molar-refractivity contribution in [2.24, 2.45) is 30.7 Å². The molecule has 0 aliphatic rings. The number of amides is 3. The lowest BCUT2D eigenvalue weighted by Crippen LogP contribution is -2.39. The van der Waals surface area contributed by atoms with Crippen molar-refractivity contribution in [1.82, 2.24) is 8.97 Å². The Labute approximate surface area is 564 Å². The maximum absolute atomic E-state index is 14.5. The Morgan fingerprint density at radius 1 is 0.392 bits per heavy atom. The Hall–Kier alpha value is -11.9. The largest absolute Gasteiger partial charge is 0.494 e. The molecule has 12 rings (SSSR count). The number of benzene rings is 12. The summed E-state index contributed by atoms with van der Waals surface area (Å²) >= 11 is 0. The minimum absolute atomic E-state index is 0.176. The van der Waals surface area contributed by atoms with Gasteiger partial charge in [0.1, 0.15) is 28.4 Å². The van der Waals surface area contributed by atoms with Gasteiger partial charge in [-0.05, 0) is 126 Å². The molecule has 0 fully saturated rings. The molecule has 0 N–H and O–H groups in total. The molecule has 0 heterocycles. The summed E-state index contributed by atoms with van der Waals surface area (Å²) in [4.78, 5) is 45.1. The van der Waals surface area contributed by atoms with Crippen LogP contribution >= 0.6 is 0 Å². The van der Waals surface area contributed by atoms with Gasteiger partial charge in [0.05, 0.1) is 58.1 Å². The van der Waals surface area contributed by atoms with E-state index in [9.17, 15) is 14.4 Å². The van der Waals surface area contributed by atoms with Crippen LogP contribution in [0.4, 0.5) is 79.6 Å². The van der Waals surface area contributed by atoms with Gasteiger partial charge >= 0.3 is 12.8 Å². The zero-order valence-electron chi connectivity index (χ0n) is 55.7. The molecule has 0 radical (unpaired) electrons. The van der Waals surface area contributed by atoms with Crippen LogP contribution in [0.25, 0.3) is 32.3 Å². The van der Waals surface area contributed by atoms with Crippen LogP contribution in [0.2, 0.25) is 0 Å². The van der Waals surface area contributed by atoms with Crippen LogP contribution in [0.3, 0.4) is 0 Å². The molecule has 0 saturated heterocycles. The van der Waals surface area contributed by atoms with Gasteiger partial charge in [-0.25, -0.2) is 9.59 Å². The smallest absolute Gasteiger partial charge is 0.311 e. The van der Waals surface area contributed by atoms with E-state index in [1.54, 1.807) is 33.3 Å². The van der Waals surface area contributed by atoms with Crippen molar-refractivity contribution in [2.75, 3.05) is 52.3 Å². The molecule has 0 aliphatic carbocycles. The molecule has 3 amide bonds. The summed E-state index contributed by atoms with van der Waals surface area (Å²) in [6.07, 6.45) is 4.08. The van der Waals surface area contributed by atoms with Gasteiger partial charge in [-0.15, -0.1) is 15.3 Å². The molecule has 0 spiro atoms. The number of azo groups is 3. The van der Waals surface area contributed by atoms with Gasteiger partial charge in [0.2, 0.25) is 11.5 Å². The molecule has 0 bridgehead atoms. The van der Waals surface area contributed by atoms with Crippen molar-refractivity contribution < 1.29 is 28.6 Å². The zero-order chi connectivity index (χ0) is 67.8. The van der Waals surface area contributed by atoms with Crippen LogP contribution < -0.4 is 33.0 Å². The predicted molar refractivity (Wildman–Crippen MR) is 392 cm³/mol. The van der Waals surface area contributed by atoms with E-state index in [1.165, 1.54) is 0 Å². The molecule has 0 aromatic heterocycles. The first-order valence-electron chi connectivity index (χ1n) is 32.2. The Morgan fingerprint density at radius 3 is 1.09 bits per heavy atom. The minimum Gasteiger partial charge on any atom is -0.494 e. The lowest BCUT2D eigenvalue weighted by Gasteiger charge is -2.30. The minimum atomic E-state index is -0.242. The summed E-state index contributed by atoms with van der Waals surface area (Å²) in [6, 6.07) is 76.3. The maximum Gasteiger partial charge on any atom is 0.311 e. The van der Waals surface area contributed by atoms with Gasteiger partial charge in [-0.1, -0.05) is 148 Å². The summed E-state index contributed by atoms with van der Waals surface area (Å²) in [5.41, 5.74) is 12.7. The molecule has 16 nitrogen and oxygen atoms in total. The first-order valence-corrected chi connectivity index (χ1v) is 32.2. The number of carbonyl (C=O) groups excluding carboxylic acids is 3. The standard InChI is InChI=1S/C81H74N10O6/c1-10-54-25-16-22-34-70(54)88(4)81(94)69-49-57-28-13-19-31-66(57)75(78(69)95-7)85-82-60-37-43-63(44-38-60)89(64-45-39-61(40-46-64)83-86-76-67-32-20-14-29-58(67)50-73(79(76)96-8)90(5,52-92)71-35-23-17-26-55(71)11-2)65-47-41-62(42-48-65)84-87-77-68-33-21-15-30-59(68)51-74(80(77)97-9)91(6,53-93)72-36-24-18-27-56(72)12-3/h13-53H,10-12H2,1-9H3/q+2. The monoisotopic (exact) mass is 1280 g/mol. The lowest BCUT2D eigenvalue weighted by molar-refractivity contribution is -0.115. The average molecular weight is 1280 g/mol. The Kier molecular flexibility index (Phi) is 19.1. The van der Waals surface area contributed by atoms with E-state index in [4.69, 9.17) is 44.9 Å². The maximum atomic E-state index is 14.5. The quantitative estimate of drug-likeness (QED) is 0.0350. The first-order chi connectivity index (χ1) is 47.3. The van der Waals surface area contributed by atoms with Crippen molar-refractivity contribution in [3.8, 4) is 17.2 Å². The molecule has 16 heteroatoms. The lowest BCUT2D eigenvalue weighted by atomic mass is 10.0. The molecule has 482 valence electrons. The van der Waals surface area contributed by atoms with Crippen LogP contribution in [-0.4, -0.2) is 61.2 Å². The second-order valence-corrected chi connectivity index (χ2v) is 23.7. The number of quaternary nitrogens is 2. The van der Waals surface area contributed by atoms with Gasteiger partial charge in [0.15, 0.2) is 17.1 Å². The van der Waals surface area contributed by atoms with E-state index in [2.05, 4.69) is 25.7 Å². The highest BCUT2D eigenvalue weighted by Crippen LogP contribution is 2.52. The number of para-hydroxylation sites is 3. The predicted octanol–water partition coefficient (Wildman–Crippen LogP) is 21.7. The van der Waals surface area contributed by atoms with E-state index in [1.807, 2.05) is 251 Å². The third kappa shape index (κ3) is 12.5. The number of carbonyl (C=O) groups is 3. The molecule has 0 saturated carbocycles. The fourth-order valence-electron chi connectivity index (χ4n) is 12.9. The summed E-state index contributed by atoms with van der Waals surface area (Å²) in [6.45, 7) is 6.22. The van der Waals surface area contributed by atoms with Crippen molar-refractivity contribution >= 4 is 131 Å². The number of anilines is 4. The highest BCUT2D eigenvalue weighted by atomic mass is 16.5. The SMILES string of the molecule is CCc1ccccc1N(C)C(=O)c1cc2ccccc2c(N=Nc2ccc(N(c3ccc(N=Nc4c(OC)c([N+](C)(C=O)c5ccccc5CC)cc5ccccc45)cc3)c3ccc(N=Nc4c(OC)c([N+](C)(C=O)c5ccccc5CC)cc5ccccc45)cc3)cc2)c1OC. The van der Waals surface area contributed by atoms with E-state index in [-0.39, 0.29) is 14.9 Å². The Bertz CT molecular complexity index is 4830. The number of hydrogen-bond donors (Lipinski definition) is 0. The third-order valence-electron chi connectivity index (χ3n) is 18.1. The van der Waals surface area contributed by atoms with Gasteiger partial charge in [0, 0.05) is 81.3 Å². The molecular formula is C81H74N10O6+2. The van der Waals surface area contributed by atoms with Crippen LogP contribution in [0.1, 0.15) is 47.8 Å². The second-order valence-electron chi connectivity index (χ2n) is 23.7. The Balaban J connectivity index is 0.921. The van der Waals surface area contributed by atoms with E-state index in [0.29, 0.717) is 68.3 Å². The topological polar surface area (TPSA) is 160 Å². The van der Waals surface area contributed by atoms with Crippen LogP contribution in [0.5, 0.6) is 17.2 Å². The van der Waals surface area contributed by atoms with Crippen molar-refractivity contribution in [3.05, 3.63) is 259 Å². The van der Waals surface area contributed by atoms with Crippen molar-refractivity contribution in [3.63, 3.8) is 0 Å². The van der Waals surface area contributed by atoms with Gasteiger partial charge in [-0.2, -0.15) is 24.3 Å². The second kappa shape index (κ2) is 28.4. The van der Waals surface area contributed by atoms with E-state index < -0.39 is 0 Å². The van der Waals surface area contributed by atoms with Crippen molar-refractivity contribution in [1.29, 1.82) is 0 Å². The molecule has 97 heavy (non-hydrogen) atoms. The summed E-state index contributed by atoms with van der Waals surface area (Å²) in [5.74, 6) is 0.930. The zero-order valence-corrected chi connectivity index (χ0v) is 55.7. The summed E-state index contributed by atoms with van der Waals surface area (Å²) in [5, 5.41) is 34.1. The molecule has 2 unspecified atom stereocenters. The molecule has 12 aromatic carbocycles. The highest BCUT2D eigenvalue weighted by molar-refractivity contribution is 6.13. The summed E-state index contributed by atoms with van der Waals surface area (Å²) in [7, 11) is 10.2. The van der Waals surface area contributed by atoms with Crippen LogP contribution in [0.15, 0.2) is 267 Å². The van der Waals surface area contributed by atoms with Crippen molar-refractivity contribution in [2.45, 2.75) is 40.0 Å². The van der Waals surface area contributed by atoms with Crippen LogP contribution in [-0.2, 0) is 28.9 Å². The number of nitrogens with zero attached hydrogens (tertiary/aromatic N) is 10. The molecular weight excluding hydrogens is 1210 g/mol. The average Bonchev–Trinajstić information content (AvgIpc) is 0.759. The number of rotatable bonds is 23. The van der Waals surface area contributed by atoms with E-state index in [0.717, 1.165) is 115 Å². The fourth-order valence-corrected chi connectivity index (χ4v) is 12.9. The normalized spacial score (nSPS) is 12.9. The molecule has 12 aromatic rings. The first kappa shape index (κ1) is 65.2. The van der Waals surface area contributed by atoms with Gasteiger partial charge in [-0.3, -0.25) is 4.79 Å². The highest BCUT2D eigenvalue weighted by Gasteiger charge is 2.38. The number of fused-ring (bicyclic) bond motifs is 3. The number of hydrogen-bond acceptors (Lipinski definition) is 13.